The number of hydrogen-bond donors (Lipinski definition) is 0. The minimum atomic E-state index is -0.373. The molecule has 118 valence electrons. The Labute approximate surface area is 140 Å². The van der Waals surface area contributed by atoms with E-state index in [9.17, 15) is 10.1 Å². The molecule has 0 saturated carbocycles. The molecule has 23 heavy (non-hydrogen) atoms. The molecule has 1 aliphatic heterocycles. The van der Waals surface area contributed by atoms with Gasteiger partial charge in [-0.05, 0) is 18.2 Å². The summed E-state index contributed by atoms with van der Waals surface area (Å²) in [6, 6.07) is 16.9. The minimum Gasteiger partial charge on any atom is -0.368 e. The zero-order chi connectivity index (χ0) is 16.2. The lowest BCUT2D eigenvalue weighted by Crippen LogP contribution is -2.48. The second-order valence-electron chi connectivity index (χ2n) is 5.39. The Morgan fingerprint density at radius 3 is 2.22 bits per heavy atom. The van der Waals surface area contributed by atoms with Crippen LogP contribution in [-0.4, -0.2) is 41.0 Å². The number of para-hydroxylation sites is 2. The SMILES string of the molecule is O=[N+]([O-])c1ccccc1C(=S)N1CCN(c2ccccc2)CC1. The van der Waals surface area contributed by atoms with Gasteiger partial charge in [0.2, 0.25) is 0 Å². The van der Waals surface area contributed by atoms with E-state index >= 15 is 0 Å². The average Bonchev–Trinajstić information content (AvgIpc) is 2.62. The number of hydrogen-bond acceptors (Lipinski definition) is 4. The number of thiocarbonyl (C=S) groups is 1. The average molecular weight is 327 g/mol. The minimum absolute atomic E-state index is 0.0722. The summed E-state index contributed by atoms with van der Waals surface area (Å²) in [7, 11) is 0. The van der Waals surface area contributed by atoms with E-state index in [4.69, 9.17) is 12.2 Å². The van der Waals surface area contributed by atoms with Crippen molar-refractivity contribution in [2.24, 2.45) is 0 Å². The third kappa shape index (κ3) is 3.32. The normalized spacial score (nSPS) is 14.6. The van der Waals surface area contributed by atoms with Crippen molar-refractivity contribution in [1.82, 2.24) is 4.90 Å². The topological polar surface area (TPSA) is 49.6 Å². The summed E-state index contributed by atoms with van der Waals surface area (Å²) >= 11 is 5.51. The summed E-state index contributed by atoms with van der Waals surface area (Å²) in [5.41, 5.74) is 1.80. The van der Waals surface area contributed by atoms with Crippen LogP contribution in [0.25, 0.3) is 0 Å². The van der Waals surface area contributed by atoms with Crippen LogP contribution in [-0.2, 0) is 0 Å². The maximum atomic E-state index is 11.2. The second-order valence-corrected chi connectivity index (χ2v) is 5.78. The van der Waals surface area contributed by atoms with Gasteiger partial charge in [-0.25, -0.2) is 0 Å². The largest absolute Gasteiger partial charge is 0.368 e. The van der Waals surface area contributed by atoms with Gasteiger partial charge in [0, 0.05) is 37.9 Å². The van der Waals surface area contributed by atoms with Gasteiger partial charge in [-0.15, -0.1) is 0 Å². The molecular weight excluding hydrogens is 310 g/mol. The van der Waals surface area contributed by atoms with E-state index in [-0.39, 0.29) is 10.6 Å². The molecule has 0 atom stereocenters. The molecule has 0 aliphatic carbocycles. The number of nitro groups is 1. The highest BCUT2D eigenvalue weighted by molar-refractivity contribution is 7.80. The number of benzene rings is 2. The molecule has 0 unspecified atom stereocenters. The van der Waals surface area contributed by atoms with Crippen LogP contribution in [0.1, 0.15) is 5.56 Å². The smallest absolute Gasteiger partial charge is 0.279 e. The number of anilines is 1. The van der Waals surface area contributed by atoms with Gasteiger partial charge in [0.25, 0.3) is 5.69 Å². The third-order valence-electron chi connectivity index (χ3n) is 4.02. The van der Waals surface area contributed by atoms with E-state index < -0.39 is 0 Å². The molecule has 1 aliphatic rings. The Morgan fingerprint density at radius 2 is 1.57 bits per heavy atom. The lowest BCUT2D eigenvalue weighted by atomic mass is 10.1. The zero-order valence-corrected chi connectivity index (χ0v) is 13.4. The number of nitrogens with zero attached hydrogens (tertiary/aromatic N) is 3. The van der Waals surface area contributed by atoms with Crippen LogP contribution in [0, 0.1) is 10.1 Å². The molecule has 0 N–H and O–H groups in total. The Balaban J connectivity index is 1.71. The molecule has 0 spiro atoms. The van der Waals surface area contributed by atoms with Crippen molar-refractivity contribution in [2.45, 2.75) is 0 Å². The number of rotatable bonds is 3. The van der Waals surface area contributed by atoms with Crippen LogP contribution in [0.15, 0.2) is 54.6 Å². The molecular formula is C17H17N3O2S. The van der Waals surface area contributed by atoms with E-state index in [0.717, 1.165) is 26.2 Å². The van der Waals surface area contributed by atoms with Crippen molar-refractivity contribution in [3.05, 3.63) is 70.3 Å². The van der Waals surface area contributed by atoms with Crippen LogP contribution in [0.4, 0.5) is 11.4 Å². The van der Waals surface area contributed by atoms with Crippen LogP contribution in [0.5, 0.6) is 0 Å². The molecule has 0 radical (unpaired) electrons. The van der Waals surface area contributed by atoms with Gasteiger partial charge in [-0.2, -0.15) is 0 Å². The molecule has 2 aromatic carbocycles. The molecule has 5 nitrogen and oxygen atoms in total. The molecule has 0 amide bonds. The summed E-state index contributed by atoms with van der Waals surface area (Å²) in [6.45, 7) is 3.23. The summed E-state index contributed by atoms with van der Waals surface area (Å²) < 4.78 is 0. The Kier molecular flexibility index (Phi) is 4.52. The fourth-order valence-electron chi connectivity index (χ4n) is 2.79. The standard InChI is InChI=1S/C17H17N3O2S/c21-20(22)16-9-5-4-8-15(16)17(23)19-12-10-18(11-13-19)14-6-2-1-3-7-14/h1-9H,10-13H2. The monoisotopic (exact) mass is 327 g/mol. The van der Waals surface area contributed by atoms with Gasteiger partial charge in [0.1, 0.15) is 4.99 Å². The Morgan fingerprint density at radius 1 is 0.957 bits per heavy atom. The maximum absolute atomic E-state index is 11.2. The van der Waals surface area contributed by atoms with Gasteiger partial charge >= 0.3 is 0 Å². The maximum Gasteiger partial charge on any atom is 0.279 e. The van der Waals surface area contributed by atoms with E-state index in [1.54, 1.807) is 18.2 Å². The summed E-state index contributed by atoms with van der Waals surface area (Å²) in [6.07, 6.45) is 0. The first kappa shape index (κ1) is 15.4. The fourth-order valence-corrected chi connectivity index (χ4v) is 3.15. The van der Waals surface area contributed by atoms with Gasteiger partial charge in [-0.3, -0.25) is 10.1 Å². The van der Waals surface area contributed by atoms with Crippen molar-refractivity contribution < 1.29 is 4.92 Å². The van der Waals surface area contributed by atoms with Crippen molar-refractivity contribution >= 4 is 28.6 Å². The molecule has 1 saturated heterocycles. The molecule has 1 fully saturated rings. The first-order valence-electron chi connectivity index (χ1n) is 7.49. The molecule has 1 heterocycles. The van der Waals surface area contributed by atoms with Crippen LogP contribution in [0.3, 0.4) is 0 Å². The third-order valence-corrected chi connectivity index (χ3v) is 4.50. The van der Waals surface area contributed by atoms with Gasteiger partial charge in [-0.1, -0.05) is 42.5 Å². The predicted octanol–water partition coefficient (Wildman–Crippen LogP) is 3.09. The van der Waals surface area contributed by atoms with E-state index in [0.29, 0.717) is 10.6 Å². The quantitative estimate of drug-likeness (QED) is 0.492. The van der Waals surface area contributed by atoms with Gasteiger partial charge < -0.3 is 9.80 Å². The predicted molar refractivity (Wildman–Crippen MR) is 95.0 cm³/mol. The molecule has 6 heteroatoms. The van der Waals surface area contributed by atoms with Crippen molar-refractivity contribution in [2.75, 3.05) is 31.1 Å². The molecule has 2 aromatic rings. The highest BCUT2D eigenvalue weighted by atomic mass is 32.1. The highest BCUT2D eigenvalue weighted by Crippen LogP contribution is 2.22. The fraction of sp³-hybridized carbons (Fsp3) is 0.235. The molecule has 3 rings (SSSR count). The van der Waals surface area contributed by atoms with Crippen LogP contribution >= 0.6 is 12.2 Å². The summed E-state index contributed by atoms with van der Waals surface area (Å²) in [4.78, 5) is 15.7. The lowest BCUT2D eigenvalue weighted by Gasteiger charge is -2.37. The van der Waals surface area contributed by atoms with Crippen molar-refractivity contribution in [3.63, 3.8) is 0 Å². The number of piperazine rings is 1. The van der Waals surface area contributed by atoms with Crippen LogP contribution in [0.2, 0.25) is 0 Å². The van der Waals surface area contributed by atoms with E-state index in [1.807, 2.05) is 18.2 Å². The van der Waals surface area contributed by atoms with E-state index in [2.05, 4.69) is 21.9 Å². The Hall–Kier alpha value is -2.47. The highest BCUT2D eigenvalue weighted by Gasteiger charge is 2.24. The molecule has 0 aromatic heterocycles. The first-order chi connectivity index (χ1) is 11.2. The zero-order valence-electron chi connectivity index (χ0n) is 12.6. The van der Waals surface area contributed by atoms with Gasteiger partial charge in [0.15, 0.2) is 0 Å². The summed E-state index contributed by atoms with van der Waals surface area (Å²) in [5.74, 6) is 0. The lowest BCUT2D eigenvalue weighted by molar-refractivity contribution is -0.385. The summed E-state index contributed by atoms with van der Waals surface area (Å²) in [5, 5.41) is 11.2. The van der Waals surface area contributed by atoms with Crippen molar-refractivity contribution in [3.8, 4) is 0 Å². The Bertz CT molecular complexity index is 713. The van der Waals surface area contributed by atoms with E-state index in [1.165, 1.54) is 11.8 Å². The molecule has 0 bridgehead atoms. The first-order valence-corrected chi connectivity index (χ1v) is 7.90. The number of nitro benzene ring substituents is 1. The van der Waals surface area contributed by atoms with Crippen molar-refractivity contribution in [1.29, 1.82) is 0 Å². The second kappa shape index (κ2) is 6.75. The van der Waals surface area contributed by atoms with Crippen LogP contribution < -0.4 is 4.90 Å². The van der Waals surface area contributed by atoms with Gasteiger partial charge in [0.05, 0.1) is 10.5 Å².